The molecule has 40 heavy (non-hydrogen) atoms. The van der Waals surface area contributed by atoms with Gasteiger partial charge in [0.25, 0.3) is 5.91 Å². The molecule has 0 saturated carbocycles. The molecule has 0 unspecified atom stereocenters. The predicted molar refractivity (Wildman–Crippen MR) is 152 cm³/mol. The summed E-state index contributed by atoms with van der Waals surface area (Å²) >= 11 is 0. The third-order valence-electron chi connectivity index (χ3n) is 6.47. The largest absolute Gasteiger partial charge is 0.444 e. The van der Waals surface area contributed by atoms with E-state index in [1.807, 2.05) is 27.8 Å². The number of carbonyl (C=O) groups excluding carboxylic acids is 2. The minimum Gasteiger partial charge on any atom is -0.444 e. The number of halogens is 1. The molecule has 0 spiro atoms. The van der Waals surface area contributed by atoms with Crippen molar-refractivity contribution in [1.29, 1.82) is 0 Å². The summed E-state index contributed by atoms with van der Waals surface area (Å²) in [5.41, 5.74) is 4.64. The van der Waals surface area contributed by atoms with Gasteiger partial charge in [-0.3, -0.25) is 9.69 Å². The van der Waals surface area contributed by atoms with Crippen molar-refractivity contribution in [2.75, 3.05) is 53.1 Å². The summed E-state index contributed by atoms with van der Waals surface area (Å²) in [4.78, 5) is 29.5. The zero-order chi connectivity index (χ0) is 28.7. The number of benzene rings is 2. The van der Waals surface area contributed by atoms with Crippen LogP contribution in [0.5, 0.6) is 0 Å². The van der Waals surface area contributed by atoms with Crippen LogP contribution in [0.15, 0.2) is 36.4 Å². The van der Waals surface area contributed by atoms with E-state index in [1.165, 1.54) is 12.1 Å². The van der Waals surface area contributed by atoms with Crippen molar-refractivity contribution in [2.24, 2.45) is 0 Å². The number of hydrogen-bond acceptors (Lipinski definition) is 6. The van der Waals surface area contributed by atoms with E-state index >= 15 is 0 Å². The summed E-state index contributed by atoms with van der Waals surface area (Å²) in [6.45, 7) is 9.80. The van der Waals surface area contributed by atoms with E-state index in [0.29, 0.717) is 57.0 Å². The monoisotopic (exact) mass is 554 g/mol. The third-order valence-corrected chi connectivity index (χ3v) is 6.47. The van der Waals surface area contributed by atoms with Gasteiger partial charge in [-0.1, -0.05) is 24.3 Å². The van der Waals surface area contributed by atoms with Crippen LogP contribution in [0.3, 0.4) is 0 Å². The molecule has 1 aromatic heterocycles. The van der Waals surface area contributed by atoms with Crippen molar-refractivity contribution < 1.29 is 28.2 Å². The normalized spacial score (nSPS) is 13.4. The standard InChI is InChI=1S/C30H39FN4O5/c1-30(2,3)40-29(37)33-11-13-38-15-16-39-14-12-35(4)19-20-5-7-21(8-6-20)27-23-9-10-32-28(36)24-17-22(31)18-25(34-27)26(23)24/h5-8,17-18,34H,9-16,19H2,1-4H3,(H,32,36)(H,33,37). The Hall–Kier alpha value is -3.47. The van der Waals surface area contributed by atoms with Gasteiger partial charge in [-0.15, -0.1) is 0 Å². The molecule has 0 radical (unpaired) electrons. The lowest BCUT2D eigenvalue weighted by Crippen LogP contribution is -2.34. The van der Waals surface area contributed by atoms with E-state index < -0.39 is 17.5 Å². The number of ether oxygens (including phenoxy) is 3. The Bertz CT molecular complexity index is 1320. The molecule has 4 rings (SSSR count). The van der Waals surface area contributed by atoms with Crippen LogP contribution in [0.4, 0.5) is 9.18 Å². The van der Waals surface area contributed by atoms with Gasteiger partial charge < -0.3 is 29.8 Å². The van der Waals surface area contributed by atoms with Crippen molar-refractivity contribution in [2.45, 2.75) is 39.3 Å². The van der Waals surface area contributed by atoms with Gasteiger partial charge >= 0.3 is 6.09 Å². The highest BCUT2D eigenvalue weighted by molar-refractivity contribution is 6.10. The summed E-state index contributed by atoms with van der Waals surface area (Å²) in [6.07, 6.45) is 0.228. The fourth-order valence-electron chi connectivity index (χ4n) is 4.69. The zero-order valence-corrected chi connectivity index (χ0v) is 23.7. The Morgan fingerprint density at radius 3 is 2.52 bits per heavy atom. The van der Waals surface area contributed by atoms with Crippen molar-refractivity contribution >= 4 is 22.9 Å². The molecular formula is C30H39FN4O5. The fraction of sp³-hybridized carbons (Fsp3) is 0.467. The SMILES string of the molecule is CN(CCOCCOCCNC(=O)OC(C)(C)C)Cc1ccc(-c2[nH]c3cc(F)cc4c3c2CCNC4=O)cc1. The number of nitrogens with one attached hydrogen (secondary N) is 3. The number of hydrogen-bond donors (Lipinski definition) is 3. The molecule has 2 aromatic carbocycles. The van der Waals surface area contributed by atoms with E-state index in [4.69, 9.17) is 14.2 Å². The number of nitrogens with zero attached hydrogens (tertiary/aromatic N) is 1. The maximum Gasteiger partial charge on any atom is 0.407 e. The Labute approximate surface area is 234 Å². The van der Waals surface area contributed by atoms with Crippen molar-refractivity contribution in [3.05, 3.63) is 58.9 Å². The van der Waals surface area contributed by atoms with Gasteiger partial charge in [0.05, 0.1) is 32.0 Å². The lowest BCUT2D eigenvalue weighted by Gasteiger charge is -2.19. The lowest BCUT2D eigenvalue weighted by molar-refractivity contribution is 0.0356. The number of alkyl carbamates (subject to hydrolysis) is 1. The van der Waals surface area contributed by atoms with Gasteiger partial charge in [0, 0.05) is 42.8 Å². The van der Waals surface area contributed by atoms with Crippen LogP contribution < -0.4 is 10.6 Å². The molecule has 9 nitrogen and oxygen atoms in total. The Kier molecular flexibility index (Phi) is 9.78. The van der Waals surface area contributed by atoms with Crippen LogP contribution in [0.2, 0.25) is 0 Å². The van der Waals surface area contributed by atoms with Gasteiger partial charge in [-0.2, -0.15) is 0 Å². The van der Waals surface area contributed by atoms with Gasteiger partial charge in [0.15, 0.2) is 0 Å². The second kappa shape index (κ2) is 13.3. The quantitative estimate of drug-likeness (QED) is 0.289. The Morgan fingerprint density at radius 1 is 1.07 bits per heavy atom. The summed E-state index contributed by atoms with van der Waals surface area (Å²) in [7, 11) is 2.04. The minimum atomic E-state index is -0.516. The van der Waals surface area contributed by atoms with E-state index in [0.717, 1.165) is 40.9 Å². The van der Waals surface area contributed by atoms with Crippen molar-refractivity contribution in [3.63, 3.8) is 0 Å². The maximum atomic E-state index is 14.2. The van der Waals surface area contributed by atoms with Crippen molar-refractivity contribution in [1.82, 2.24) is 20.5 Å². The fourth-order valence-corrected chi connectivity index (χ4v) is 4.69. The highest BCUT2D eigenvalue weighted by Gasteiger charge is 2.23. The molecule has 0 saturated heterocycles. The highest BCUT2D eigenvalue weighted by atomic mass is 19.1. The molecule has 2 heterocycles. The first-order chi connectivity index (χ1) is 19.1. The van der Waals surface area contributed by atoms with E-state index in [2.05, 4.69) is 44.8 Å². The first-order valence-electron chi connectivity index (χ1n) is 13.6. The highest BCUT2D eigenvalue weighted by Crippen LogP contribution is 2.34. The molecule has 1 aliphatic rings. The number of aromatic nitrogens is 1. The van der Waals surface area contributed by atoms with E-state index in [9.17, 15) is 14.0 Å². The van der Waals surface area contributed by atoms with Gasteiger partial charge in [0.1, 0.15) is 11.4 Å². The molecule has 3 aromatic rings. The average Bonchev–Trinajstić information content (AvgIpc) is 3.15. The molecule has 3 N–H and O–H groups in total. The smallest absolute Gasteiger partial charge is 0.407 e. The van der Waals surface area contributed by atoms with Crippen LogP contribution in [0.1, 0.15) is 42.3 Å². The number of amides is 2. The molecule has 1 aliphatic heterocycles. The molecule has 2 amide bonds. The molecule has 10 heteroatoms. The molecule has 216 valence electrons. The molecule has 0 bridgehead atoms. The van der Waals surface area contributed by atoms with Crippen LogP contribution >= 0.6 is 0 Å². The maximum absolute atomic E-state index is 14.2. The average molecular weight is 555 g/mol. The van der Waals surface area contributed by atoms with Gasteiger partial charge in [-0.05, 0) is 63.1 Å². The van der Waals surface area contributed by atoms with Crippen LogP contribution in [0.25, 0.3) is 22.2 Å². The number of rotatable bonds is 12. The number of H-pyrrole nitrogens is 1. The van der Waals surface area contributed by atoms with Crippen LogP contribution in [-0.4, -0.2) is 80.6 Å². The molecule has 0 atom stereocenters. The molecular weight excluding hydrogens is 515 g/mol. The summed E-state index contributed by atoms with van der Waals surface area (Å²) < 4.78 is 30.5. The van der Waals surface area contributed by atoms with E-state index in [1.54, 1.807) is 0 Å². The number of carbonyl (C=O) groups is 2. The third kappa shape index (κ3) is 8.03. The van der Waals surface area contributed by atoms with E-state index in [-0.39, 0.29) is 5.91 Å². The summed E-state index contributed by atoms with van der Waals surface area (Å²) in [6, 6.07) is 11.1. The first kappa shape index (κ1) is 29.5. The van der Waals surface area contributed by atoms with Gasteiger partial charge in [-0.25, -0.2) is 9.18 Å². The second-order valence-corrected chi connectivity index (χ2v) is 10.9. The Morgan fingerprint density at radius 2 is 1.80 bits per heavy atom. The van der Waals surface area contributed by atoms with Crippen LogP contribution in [0, 0.1) is 5.82 Å². The lowest BCUT2D eigenvalue weighted by atomic mass is 9.99. The molecule has 0 fully saturated rings. The van der Waals surface area contributed by atoms with Crippen molar-refractivity contribution in [3.8, 4) is 11.3 Å². The zero-order valence-electron chi connectivity index (χ0n) is 23.7. The van der Waals surface area contributed by atoms with Crippen LogP contribution in [-0.2, 0) is 27.2 Å². The molecule has 0 aliphatic carbocycles. The van der Waals surface area contributed by atoms with Gasteiger partial charge in [0.2, 0.25) is 0 Å². The summed E-state index contributed by atoms with van der Waals surface area (Å²) in [5.74, 6) is -0.669. The predicted octanol–water partition coefficient (Wildman–Crippen LogP) is 4.25. The summed E-state index contributed by atoms with van der Waals surface area (Å²) in [5, 5.41) is 6.31. The Balaban J connectivity index is 1.19. The topological polar surface area (TPSA) is 105 Å². The number of aromatic amines is 1. The number of likely N-dealkylation sites (N-methyl/N-ethyl adjacent to an activating group) is 1. The second-order valence-electron chi connectivity index (χ2n) is 10.9. The minimum absolute atomic E-state index is 0.240. The first-order valence-corrected chi connectivity index (χ1v) is 13.6.